The van der Waals surface area contributed by atoms with Gasteiger partial charge in [0.25, 0.3) is 0 Å². The fourth-order valence-electron chi connectivity index (χ4n) is 2.39. The van der Waals surface area contributed by atoms with Gasteiger partial charge in [-0.1, -0.05) is 48.8 Å². The van der Waals surface area contributed by atoms with Crippen molar-refractivity contribution in [3.05, 3.63) is 46.3 Å². The van der Waals surface area contributed by atoms with Gasteiger partial charge >= 0.3 is 6.09 Å². The molecule has 0 aliphatic carbocycles. The molecule has 0 aliphatic heterocycles. The van der Waals surface area contributed by atoms with Gasteiger partial charge in [-0.15, -0.1) is 0 Å². The Morgan fingerprint density at radius 3 is 2.58 bits per heavy atom. The molecular weight excluding hydrogens is 332 g/mol. The number of hydrogen-bond donors (Lipinski definition) is 1. The maximum absolute atomic E-state index is 12.3. The molecule has 1 N–H and O–H groups in total. The van der Waals surface area contributed by atoms with E-state index in [4.69, 9.17) is 15.0 Å². The van der Waals surface area contributed by atoms with Crippen molar-refractivity contribution in [1.82, 2.24) is 5.32 Å². The molecule has 7 nitrogen and oxygen atoms in total. The van der Waals surface area contributed by atoms with Crippen LogP contribution in [0.15, 0.2) is 35.4 Å². The van der Waals surface area contributed by atoms with Gasteiger partial charge in [-0.25, -0.2) is 4.79 Å². The maximum Gasteiger partial charge on any atom is 0.407 e. The van der Waals surface area contributed by atoms with E-state index in [1.165, 1.54) is 0 Å². The minimum absolute atomic E-state index is 0.146. The van der Waals surface area contributed by atoms with Crippen LogP contribution in [0.5, 0.6) is 0 Å². The van der Waals surface area contributed by atoms with Gasteiger partial charge < -0.3 is 14.8 Å². The van der Waals surface area contributed by atoms with Crippen molar-refractivity contribution in [1.29, 1.82) is 0 Å². The molecule has 0 fully saturated rings. The molecule has 144 valence electrons. The molecule has 2 unspecified atom stereocenters. The SMILES string of the molecule is CCCCOC(CN=[N+]=[N-])C(Cc1ccccc1)NC(=O)OC(C)(C)C. The normalized spacial score (nSPS) is 13.4. The highest BCUT2D eigenvalue weighted by Crippen LogP contribution is 2.13. The lowest BCUT2D eigenvalue weighted by atomic mass is 10.0. The van der Waals surface area contributed by atoms with Crippen molar-refractivity contribution in [3.63, 3.8) is 0 Å². The Kier molecular flexibility index (Phi) is 9.55. The van der Waals surface area contributed by atoms with Crippen molar-refractivity contribution in [2.45, 2.75) is 64.7 Å². The lowest BCUT2D eigenvalue weighted by Crippen LogP contribution is -2.49. The fourth-order valence-corrected chi connectivity index (χ4v) is 2.39. The van der Waals surface area contributed by atoms with Crippen LogP contribution >= 0.6 is 0 Å². The quantitative estimate of drug-likeness (QED) is 0.285. The number of nitrogens with zero attached hydrogens (tertiary/aromatic N) is 3. The predicted molar refractivity (Wildman–Crippen MR) is 102 cm³/mol. The van der Waals surface area contributed by atoms with Gasteiger partial charge in [-0.05, 0) is 44.7 Å². The van der Waals surface area contributed by atoms with E-state index < -0.39 is 17.8 Å². The summed E-state index contributed by atoms with van der Waals surface area (Å²) in [5.41, 5.74) is 9.15. The number of rotatable bonds is 10. The highest BCUT2D eigenvalue weighted by molar-refractivity contribution is 5.68. The summed E-state index contributed by atoms with van der Waals surface area (Å²) in [6, 6.07) is 9.44. The Labute approximate surface area is 155 Å². The van der Waals surface area contributed by atoms with Crippen LogP contribution in [0.4, 0.5) is 4.79 Å². The average Bonchev–Trinajstić information content (AvgIpc) is 2.56. The first-order chi connectivity index (χ1) is 12.4. The second-order valence-corrected chi connectivity index (χ2v) is 7.12. The lowest BCUT2D eigenvalue weighted by Gasteiger charge is -2.29. The zero-order valence-corrected chi connectivity index (χ0v) is 16.1. The smallest absolute Gasteiger partial charge is 0.407 e. The predicted octanol–water partition coefficient (Wildman–Crippen LogP) is 4.62. The molecule has 26 heavy (non-hydrogen) atoms. The average molecular weight is 362 g/mol. The topological polar surface area (TPSA) is 96.3 Å². The van der Waals surface area contributed by atoms with Crippen LogP contribution in [0.1, 0.15) is 46.1 Å². The minimum atomic E-state index is -0.593. The Morgan fingerprint density at radius 2 is 2.00 bits per heavy atom. The number of ether oxygens (including phenoxy) is 2. The summed E-state index contributed by atoms with van der Waals surface area (Å²) in [6.07, 6.45) is 1.51. The van der Waals surface area contributed by atoms with Gasteiger partial charge in [0.1, 0.15) is 5.60 Å². The molecule has 2 atom stereocenters. The number of carbonyl (C=O) groups excluding carboxylic acids is 1. The van der Waals surface area contributed by atoms with Crippen LogP contribution in [0.3, 0.4) is 0 Å². The van der Waals surface area contributed by atoms with E-state index in [-0.39, 0.29) is 12.6 Å². The monoisotopic (exact) mass is 362 g/mol. The zero-order chi connectivity index (χ0) is 19.4. The molecule has 1 rings (SSSR count). The van der Waals surface area contributed by atoms with Crippen molar-refractivity contribution in [3.8, 4) is 0 Å². The summed E-state index contributed by atoms with van der Waals surface area (Å²) in [5.74, 6) is 0. The molecule has 7 heteroatoms. The third kappa shape index (κ3) is 9.30. The molecule has 0 saturated heterocycles. The van der Waals surface area contributed by atoms with Gasteiger partial charge in [0.05, 0.1) is 18.7 Å². The van der Waals surface area contributed by atoms with Crippen LogP contribution in [-0.2, 0) is 15.9 Å². The number of unbranched alkanes of at least 4 members (excludes halogenated alkanes) is 1. The Hall–Kier alpha value is -2.24. The Balaban J connectivity index is 2.92. The first-order valence-corrected chi connectivity index (χ1v) is 9.01. The van der Waals surface area contributed by atoms with E-state index in [0.717, 1.165) is 18.4 Å². The molecule has 0 spiro atoms. The second kappa shape index (κ2) is 11.4. The molecule has 1 aromatic carbocycles. The highest BCUT2D eigenvalue weighted by Gasteiger charge is 2.26. The molecule has 0 heterocycles. The van der Waals surface area contributed by atoms with Crippen LogP contribution in [0.25, 0.3) is 10.4 Å². The van der Waals surface area contributed by atoms with Crippen molar-refractivity contribution in [2.24, 2.45) is 5.11 Å². The Bertz CT molecular complexity index is 580. The number of carbonyl (C=O) groups is 1. The van der Waals surface area contributed by atoms with Crippen molar-refractivity contribution in [2.75, 3.05) is 13.2 Å². The highest BCUT2D eigenvalue weighted by atomic mass is 16.6. The number of benzene rings is 1. The fraction of sp³-hybridized carbons (Fsp3) is 0.632. The molecular formula is C19H30N4O3. The van der Waals surface area contributed by atoms with E-state index in [0.29, 0.717) is 13.0 Å². The number of hydrogen-bond acceptors (Lipinski definition) is 4. The van der Waals surface area contributed by atoms with Crippen LogP contribution in [-0.4, -0.2) is 37.0 Å². The van der Waals surface area contributed by atoms with Gasteiger partial charge in [-0.2, -0.15) is 0 Å². The summed E-state index contributed by atoms with van der Waals surface area (Å²) in [7, 11) is 0. The lowest BCUT2D eigenvalue weighted by molar-refractivity contribution is 0.0171. The van der Waals surface area contributed by atoms with Gasteiger partial charge in [0.2, 0.25) is 0 Å². The van der Waals surface area contributed by atoms with Crippen molar-refractivity contribution < 1.29 is 14.3 Å². The second-order valence-electron chi connectivity index (χ2n) is 7.12. The number of nitrogens with one attached hydrogen (secondary N) is 1. The Morgan fingerprint density at radius 1 is 1.31 bits per heavy atom. The minimum Gasteiger partial charge on any atom is -0.444 e. The van der Waals surface area contributed by atoms with Crippen LogP contribution in [0, 0.1) is 0 Å². The summed E-state index contributed by atoms with van der Waals surface area (Å²) in [5, 5.41) is 6.55. The molecule has 1 aromatic rings. The first kappa shape index (κ1) is 21.8. The first-order valence-electron chi connectivity index (χ1n) is 9.01. The van der Waals surface area contributed by atoms with Crippen molar-refractivity contribution >= 4 is 6.09 Å². The third-order valence-electron chi connectivity index (χ3n) is 3.60. The molecule has 0 saturated carbocycles. The maximum atomic E-state index is 12.3. The van der Waals surface area contributed by atoms with Gasteiger partial charge in [0.15, 0.2) is 0 Å². The summed E-state index contributed by atoms with van der Waals surface area (Å²) >= 11 is 0. The number of alkyl carbamates (subject to hydrolysis) is 1. The zero-order valence-electron chi connectivity index (χ0n) is 16.1. The summed E-state index contributed by atoms with van der Waals surface area (Å²) in [4.78, 5) is 15.1. The van der Waals surface area contributed by atoms with E-state index in [1.807, 2.05) is 51.1 Å². The molecule has 0 aromatic heterocycles. The summed E-state index contributed by atoms with van der Waals surface area (Å²) < 4.78 is 11.3. The summed E-state index contributed by atoms with van der Waals surface area (Å²) in [6.45, 7) is 8.21. The van der Waals surface area contributed by atoms with E-state index >= 15 is 0 Å². The van der Waals surface area contributed by atoms with Crippen LogP contribution < -0.4 is 5.32 Å². The molecule has 0 radical (unpaired) electrons. The van der Waals surface area contributed by atoms with Gasteiger partial charge in [-0.3, -0.25) is 0 Å². The van der Waals surface area contributed by atoms with Gasteiger partial charge in [0, 0.05) is 11.5 Å². The van der Waals surface area contributed by atoms with Crippen LogP contribution in [0.2, 0.25) is 0 Å². The number of amides is 1. The number of azide groups is 1. The molecule has 0 bridgehead atoms. The van der Waals surface area contributed by atoms with E-state index in [1.54, 1.807) is 0 Å². The van der Waals surface area contributed by atoms with E-state index in [2.05, 4.69) is 22.3 Å². The largest absolute Gasteiger partial charge is 0.444 e. The van der Waals surface area contributed by atoms with E-state index in [9.17, 15) is 4.79 Å². The molecule has 0 aliphatic rings. The third-order valence-corrected chi connectivity index (χ3v) is 3.60. The molecule has 1 amide bonds. The standard InChI is InChI=1S/C19H30N4O3/c1-5-6-12-25-17(14-21-23-20)16(13-15-10-8-7-9-11-15)22-18(24)26-19(2,3)4/h7-11,16-17H,5-6,12-14H2,1-4H3,(H,22,24).